The lowest BCUT2D eigenvalue weighted by Crippen LogP contribution is -2.32. The normalized spacial score (nSPS) is 16.1. The molecule has 16 heavy (non-hydrogen) atoms. The molecule has 0 spiro atoms. The van der Waals surface area contributed by atoms with Gasteiger partial charge in [-0.1, -0.05) is 24.3 Å². The Morgan fingerprint density at radius 2 is 1.81 bits per heavy atom. The lowest BCUT2D eigenvalue weighted by Gasteiger charge is -2.27. The van der Waals surface area contributed by atoms with Crippen molar-refractivity contribution in [2.24, 2.45) is 4.99 Å². The highest BCUT2D eigenvalue weighted by Crippen LogP contribution is 2.29. The highest BCUT2D eigenvalue weighted by atomic mass is 35.5. The summed E-state index contributed by atoms with van der Waals surface area (Å²) in [5.74, 6) is -0.875. The first kappa shape index (κ1) is 12.9. The molecule has 1 heterocycles. The molecular formula is C12H14ClNO2. The van der Waals surface area contributed by atoms with E-state index in [0.717, 1.165) is 11.1 Å². The molecule has 0 aliphatic carbocycles. The van der Waals surface area contributed by atoms with E-state index in [1.165, 1.54) is 0 Å². The van der Waals surface area contributed by atoms with Crippen LogP contribution in [0.2, 0.25) is 0 Å². The summed E-state index contributed by atoms with van der Waals surface area (Å²) in [7, 11) is 3.22. The Hall–Kier alpha value is -1.16. The molecule has 0 amide bonds. The van der Waals surface area contributed by atoms with Crippen LogP contribution in [-0.4, -0.2) is 20.4 Å². The Kier molecular flexibility index (Phi) is 4.24. The van der Waals surface area contributed by atoms with Crippen LogP contribution in [0.5, 0.6) is 0 Å². The van der Waals surface area contributed by atoms with E-state index in [2.05, 4.69) is 4.99 Å². The molecule has 1 aromatic rings. The van der Waals surface area contributed by atoms with Crippen LogP contribution in [0.1, 0.15) is 11.1 Å². The van der Waals surface area contributed by atoms with Gasteiger partial charge < -0.3 is 9.47 Å². The van der Waals surface area contributed by atoms with Gasteiger partial charge in [-0.05, 0) is 11.6 Å². The largest absolute Gasteiger partial charge is 0.345 e. The van der Waals surface area contributed by atoms with E-state index in [1.807, 2.05) is 30.3 Å². The van der Waals surface area contributed by atoms with Crippen molar-refractivity contribution in [1.82, 2.24) is 0 Å². The van der Waals surface area contributed by atoms with Gasteiger partial charge in [0.1, 0.15) is 0 Å². The van der Waals surface area contributed by atoms with E-state index in [1.54, 1.807) is 26.6 Å². The van der Waals surface area contributed by atoms with Crippen molar-refractivity contribution in [1.29, 1.82) is 0 Å². The minimum absolute atomic E-state index is 0. The van der Waals surface area contributed by atoms with Crippen molar-refractivity contribution in [2.45, 2.75) is 5.79 Å². The van der Waals surface area contributed by atoms with Gasteiger partial charge in [0, 0.05) is 26.0 Å². The number of hydrogen-bond donors (Lipinski definition) is 0. The number of nitrogens with zero attached hydrogens (tertiary/aromatic N) is 1. The first-order valence-corrected chi connectivity index (χ1v) is 4.73. The topological polar surface area (TPSA) is 30.8 Å². The predicted octanol–water partition coefficient (Wildman–Crippen LogP) is 2.61. The molecule has 0 radical (unpaired) electrons. The second kappa shape index (κ2) is 5.25. The van der Waals surface area contributed by atoms with Crippen LogP contribution in [-0.2, 0) is 15.3 Å². The number of rotatable bonds is 2. The van der Waals surface area contributed by atoms with E-state index in [9.17, 15) is 0 Å². The lowest BCUT2D eigenvalue weighted by atomic mass is 10.0. The molecule has 4 heteroatoms. The summed E-state index contributed by atoms with van der Waals surface area (Å²) in [6.45, 7) is 0. The highest BCUT2D eigenvalue weighted by Gasteiger charge is 2.32. The van der Waals surface area contributed by atoms with Crippen LogP contribution in [0.25, 0.3) is 6.08 Å². The Balaban J connectivity index is 0.00000128. The summed E-state index contributed by atoms with van der Waals surface area (Å²) < 4.78 is 10.8. The maximum absolute atomic E-state index is 5.42. The van der Waals surface area contributed by atoms with E-state index in [-0.39, 0.29) is 12.4 Å². The van der Waals surface area contributed by atoms with Crippen molar-refractivity contribution < 1.29 is 9.47 Å². The number of hydrogen-bond acceptors (Lipinski definition) is 3. The fraction of sp³-hybridized carbons (Fsp3) is 0.250. The van der Waals surface area contributed by atoms with Gasteiger partial charge in [0.25, 0.3) is 0 Å². The van der Waals surface area contributed by atoms with Gasteiger partial charge in [-0.3, -0.25) is 4.99 Å². The van der Waals surface area contributed by atoms with Gasteiger partial charge >= 0.3 is 0 Å². The maximum Gasteiger partial charge on any atom is 0.232 e. The van der Waals surface area contributed by atoms with E-state index >= 15 is 0 Å². The first-order valence-electron chi connectivity index (χ1n) is 4.73. The molecule has 1 aromatic carbocycles. The summed E-state index contributed by atoms with van der Waals surface area (Å²) >= 11 is 0. The average Bonchev–Trinajstić information content (AvgIpc) is 2.49. The molecule has 0 N–H and O–H groups in total. The summed E-state index contributed by atoms with van der Waals surface area (Å²) in [5, 5.41) is 0. The summed E-state index contributed by atoms with van der Waals surface area (Å²) in [6.07, 6.45) is 5.33. The Bertz CT molecular complexity index is 411. The third kappa shape index (κ3) is 2.02. The molecule has 1 aliphatic heterocycles. The lowest BCUT2D eigenvalue weighted by molar-refractivity contribution is -0.156. The van der Waals surface area contributed by atoms with Crippen LogP contribution in [0.4, 0.5) is 0 Å². The van der Waals surface area contributed by atoms with E-state index in [4.69, 9.17) is 9.47 Å². The third-order valence-corrected chi connectivity index (χ3v) is 2.53. The quantitative estimate of drug-likeness (QED) is 0.743. The number of methoxy groups -OCH3 is 2. The van der Waals surface area contributed by atoms with Gasteiger partial charge in [-0.15, -0.1) is 12.4 Å². The van der Waals surface area contributed by atoms with Crippen LogP contribution >= 0.6 is 12.4 Å². The number of aliphatic imine (C=N–C) groups is 1. The fourth-order valence-electron chi connectivity index (χ4n) is 1.70. The molecule has 0 bridgehead atoms. The molecule has 1 aliphatic rings. The molecule has 0 atom stereocenters. The average molecular weight is 240 g/mol. The first-order chi connectivity index (χ1) is 7.32. The molecule has 0 saturated carbocycles. The van der Waals surface area contributed by atoms with Gasteiger partial charge in [0.2, 0.25) is 5.79 Å². The fourth-order valence-corrected chi connectivity index (χ4v) is 1.70. The second-order valence-corrected chi connectivity index (χ2v) is 3.26. The molecule has 0 unspecified atom stereocenters. The summed E-state index contributed by atoms with van der Waals surface area (Å²) in [5.41, 5.74) is 2.02. The van der Waals surface area contributed by atoms with E-state index < -0.39 is 5.79 Å². The number of benzene rings is 1. The monoisotopic (exact) mass is 239 g/mol. The molecule has 0 saturated heterocycles. The van der Waals surface area contributed by atoms with Crippen molar-refractivity contribution in [3.05, 3.63) is 41.6 Å². The van der Waals surface area contributed by atoms with Crippen LogP contribution < -0.4 is 0 Å². The van der Waals surface area contributed by atoms with Gasteiger partial charge in [-0.25, -0.2) is 0 Å². The van der Waals surface area contributed by atoms with Crippen LogP contribution in [0.15, 0.2) is 35.5 Å². The Morgan fingerprint density at radius 3 is 2.50 bits per heavy atom. The zero-order valence-electron chi connectivity index (χ0n) is 9.21. The minimum Gasteiger partial charge on any atom is -0.345 e. The van der Waals surface area contributed by atoms with Crippen molar-refractivity contribution in [3.8, 4) is 0 Å². The SMILES string of the molecule is COC1(OC)C=NC=Cc2ccccc21.Cl. The third-order valence-electron chi connectivity index (χ3n) is 2.53. The number of ether oxygens (including phenoxy) is 2. The summed E-state index contributed by atoms with van der Waals surface area (Å²) in [6, 6.07) is 7.92. The molecule has 2 rings (SSSR count). The smallest absolute Gasteiger partial charge is 0.232 e. The molecule has 86 valence electrons. The van der Waals surface area contributed by atoms with Crippen LogP contribution in [0.3, 0.4) is 0 Å². The molecule has 3 nitrogen and oxygen atoms in total. The molecular weight excluding hydrogens is 226 g/mol. The zero-order chi connectivity index (χ0) is 10.7. The standard InChI is InChI=1S/C12H13NO2.ClH/c1-14-12(15-2)9-13-8-7-10-5-3-4-6-11(10)12;/h3-9H,1-2H3;1H. The van der Waals surface area contributed by atoms with Crippen molar-refractivity contribution >= 4 is 24.7 Å². The Morgan fingerprint density at radius 1 is 1.12 bits per heavy atom. The molecule has 0 fully saturated rings. The Labute approximate surface area is 101 Å². The van der Waals surface area contributed by atoms with Crippen molar-refractivity contribution in [2.75, 3.05) is 14.2 Å². The number of halogens is 1. The molecule has 0 aromatic heterocycles. The number of fused-ring (bicyclic) bond motifs is 1. The second-order valence-electron chi connectivity index (χ2n) is 3.26. The maximum atomic E-state index is 5.42. The summed E-state index contributed by atoms with van der Waals surface area (Å²) in [4.78, 5) is 4.13. The predicted molar refractivity (Wildman–Crippen MR) is 66.9 cm³/mol. The highest BCUT2D eigenvalue weighted by molar-refractivity contribution is 5.85. The minimum atomic E-state index is -0.875. The van der Waals surface area contributed by atoms with Crippen molar-refractivity contribution in [3.63, 3.8) is 0 Å². The zero-order valence-corrected chi connectivity index (χ0v) is 10.0. The van der Waals surface area contributed by atoms with Gasteiger partial charge in [0.05, 0.1) is 6.21 Å². The van der Waals surface area contributed by atoms with Gasteiger partial charge in [0.15, 0.2) is 0 Å². The van der Waals surface area contributed by atoms with E-state index in [0.29, 0.717) is 0 Å². The van der Waals surface area contributed by atoms with Gasteiger partial charge in [-0.2, -0.15) is 0 Å². The van der Waals surface area contributed by atoms with Crippen LogP contribution in [0, 0.1) is 0 Å².